The number of halogens is 1. The average molecular weight is 445 g/mol. The number of nitrogens with zero attached hydrogens (tertiary/aromatic N) is 3. The third-order valence-electron chi connectivity index (χ3n) is 4.05. The second-order valence-corrected chi connectivity index (χ2v) is 7.38. The van der Waals surface area contributed by atoms with Gasteiger partial charge in [-0.2, -0.15) is 4.98 Å². The number of hydrogen-bond acceptors (Lipinski definition) is 6. The van der Waals surface area contributed by atoms with Gasteiger partial charge in [0.05, 0.1) is 18.4 Å². The minimum Gasteiger partial charge on any atom is -0.507 e. The summed E-state index contributed by atoms with van der Waals surface area (Å²) < 4.78 is 7.83. The van der Waals surface area contributed by atoms with E-state index in [9.17, 15) is 9.90 Å². The third kappa shape index (κ3) is 3.04. The molecule has 27 heavy (non-hydrogen) atoms. The molecule has 7 nitrogen and oxygen atoms in total. The summed E-state index contributed by atoms with van der Waals surface area (Å²) in [6.45, 7) is 0. The number of hydrogen-bond donors (Lipinski definition) is 2. The van der Waals surface area contributed by atoms with Crippen LogP contribution < -0.4 is 10.5 Å². The molecular weight excluding hydrogens is 432 g/mol. The Kier molecular flexibility index (Phi) is 4.33. The number of primary amides is 1. The lowest BCUT2D eigenvalue weighted by atomic mass is 10.1. The molecule has 0 fully saturated rings. The van der Waals surface area contributed by atoms with E-state index >= 15 is 0 Å². The van der Waals surface area contributed by atoms with Gasteiger partial charge < -0.3 is 15.6 Å². The van der Waals surface area contributed by atoms with Gasteiger partial charge in [0, 0.05) is 21.0 Å². The molecule has 4 rings (SSSR count). The van der Waals surface area contributed by atoms with E-state index in [-0.39, 0.29) is 11.3 Å². The standard InChI is InChI=1S/C18H13BrN4O3S/c1-26-10-3-4-13(19)11(7-10)17-21-18-23(22-17)14(8-27-18)9-2-5-15(24)12(6-9)16(20)25/h2-8,24H,1H3,(H2,20,25). The van der Waals surface area contributed by atoms with Crippen LogP contribution in [0.1, 0.15) is 10.4 Å². The van der Waals surface area contributed by atoms with E-state index in [1.807, 2.05) is 23.6 Å². The van der Waals surface area contributed by atoms with Crippen LogP contribution in [0.3, 0.4) is 0 Å². The molecule has 2 aromatic heterocycles. The van der Waals surface area contributed by atoms with Crippen molar-refractivity contribution in [1.29, 1.82) is 0 Å². The maximum absolute atomic E-state index is 11.5. The molecule has 1 amide bonds. The molecule has 0 radical (unpaired) electrons. The lowest BCUT2D eigenvalue weighted by Gasteiger charge is -2.05. The number of amides is 1. The number of aromatic nitrogens is 3. The largest absolute Gasteiger partial charge is 0.507 e. The molecule has 136 valence electrons. The van der Waals surface area contributed by atoms with Gasteiger partial charge in [0.25, 0.3) is 5.91 Å². The molecule has 0 saturated carbocycles. The first kappa shape index (κ1) is 17.5. The number of benzene rings is 2. The van der Waals surface area contributed by atoms with Crippen LogP contribution in [0.5, 0.6) is 11.5 Å². The Bertz CT molecular complexity index is 1180. The molecule has 0 spiro atoms. The Morgan fingerprint density at radius 1 is 1.30 bits per heavy atom. The van der Waals surface area contributed by atoms with Gasteiger partial charge >= 0.3 is 0 Å². The number of rotatable bonds is 4. The smallest absolute Gasteiger partial charge is 0.252 e. The minimum atomic E-state index is -0.694. The van der Waals surface area contributed by atoms with Crippen molar-refractivity contribution in [3.8, 4) is 34.1 Å². The quantitative estimate of drug-likeness (QED) is 0.499. The van der Waals surface area contributed by atoms with E-state index in [0.29, 0.717) is 22.1 Å². The number of thiazole rings is 1. The zero-order chi connectivity index (χ0) is 19.1. The van der Waals surface area contributed by atoms with Crippen molar-refractivity contribution in [1.82, 2.24) is 14.6 Å². The molecule has 3 N–H and O–H groups in total. The van der Waals surface area contributed by atoms with Crippen molar-refractivity contribution in [2.75, 3.05) is 7.11 Å². The number of fused-ring (bicyclic) bond motifs is 1. The van der Waals surface area contributed by atoms with Gasteiger partial charge in [0.15, 0.2) is 5.82 Å². The van der Waals surface area contributed by atoms with Gasteiger partial charge in [-0.3, -0.25) is 4.79 Å². The van der Waals surface area contributed by atoms with Crippen molar-refractivity contribution in [3.63, 3.8) is 0 Å². The van der Waals surface area contributed by atoms with Crippen molar-refractivity contribution in [2.45, 2.75) is 0 Å². The molecule has 4 aromatic rings. The van der Waals surface area contributed by atoms with E-state index in [0.717, 1.165) is 15.7 Å². The van der Waals surface area contributed by atoms with Crippen LogP contribution >= 0.6 is 27.3 Å². The second-order valence-electron chi connectivity index (χ2n) is 5.69. The first-order chi connectivity index (χ1) is 13.0. The van der Waals surface area contributed by atoms with Crippen LogP contribution in [0.25, 0.3) is 27.6 Å². The molecule has 0 atom stereocenters. The Balaban J connectivity index is 1.84. The van der Waals surface area contributed by atoms with Crippen molar-refractivity contribution >= 4 is 38.1 Å². The van der Waals surface area contributed by atoms with Gasteiger partial charge in [-0.15, -0.1) is 16.4 Å². The van der Waals surface area contributed by atoms with Gasteiger partial charge in [-0.05, 0) is 36.4 Å². The van der Waals surface area contributed by atoms with E-state index in [1.54, 1.807) is 23.8 Å². The molecule has 0 aliphatic rings. The summed E-state index contributed by atoms with van der Waals surface area (Å²) in [6.07, 6.45) is 0. The predicted molar refractivity (Wildman–Crippen MR) is 106 cm³/mol. The van der Waals surface area contributed by atoms with Crippen LogP contribution in [-0.4, -0.2) is 32.7 Å². The number of ether oxygens (including phenoxy) is 1. The van der Waals surface area contributed by atoms with Crippen molar-refractivity contribution in [2.24, 2.45) is 5.73 Å². The Labute approximate surface area is 166 Å². The fraction of sp³-hybridized carbons (Fsp3) is 0.0556. The van der Waals surface area contributed by atoms with E-state index in [1.165, 1.54) is 17.4 Å². The summed E-state index contributed by atoms with van der Waals surface area (Å²) >= 11 is 4.94. The highest BCUT2D eigenvalue weighted by molar-refractivity contribution is 9.10. The van der Waals surface area contributed by atoms with Crippen LogP contribution in [0, 0.1) is 0 Å². The average Bonchev–Trinajstić information content (AvgIpc) is 3.23. The number of aromatic hydroxyl groups is 1. The summed E-state index contributed by atoms with van der Waals surface area (Å²) in [5.74, 6) is 0.400. The zero-order valence-corrected chi connectivity index (χ0v) is 16.4. The molecule has 0 aliphatic heterocycles. The fourth-order valence-electron chi connectivity index (χ4n) is 2.69. The number of carbonyl (C=O) groups excluding carboxylic acids is 1. The molecule has 9 heteroatoms. The third-order valence-corrected chi connectivity index (χ3v) is 5.56. The molecule has 0 bridgehead atoms. The second kappa shape index (κ2) is 6.67. The van der Waals surface area contributed by atoms with Gasteiger partial charge in [-0.1, -0.05) is 15.9 Å². The summed E-state index contributed by atoms with van der Waals surface area (Å²) in [5.41, 5.74) is 7.64. The van der Waals surface area contributed by atoms with Crippen molar-refractivity contribution < 1.29 is 14.6 Å². The minimum absolute atomic E-state index is 0.0581. The number of carbonyl (C=O) groups is 1. The highest BCUT2D eigenvalue weighted by Gasteiger charge is 2.17. The van der Waals surface area contributed by atoms with E-state index in [4.69, 9.17) is 10.5 Å². The van der Waals surface area contributed by atoms with Crippen LogP contribution in [0.4, 0.5) is 0 Å². The number of nitrogens with two attached hydrogens (primary N) is 1. The lowest BCUT2D eigenvalue weighted by Crippen LogP contribution is -2.11. The van der Waals surface area contributed by atoms with Crippen LogP contribution in [-0.2, 0) is 0 Å². The van der Waals surface area contributed by atoms with E-state index < -0.39 is 5.91 Å². The lowest BCUT2D eigenvalue weighted by molar-refractivity contribution is 0.0998. The van der Waals surface area contributed by atoms with Crippen LogP contribution in [0.2, 0.25) is 0 Å². The maximum atomic E-state index is 11.5. The summed E-state index contributed by atoms with van der Waals surface area (Å²) in [5, 5.41) is 16.3. The van der Waals surface area contributed by atoms with Crippen LogP contribution in [0.15, 0.2) is 46.3 Å². The van der Waals surface area contributed by atoms with Crippen molar-refractivity contribution in [3.05, 3.63) is 51.8 Å². The predicted octanol–water partition coefficient (Wildman–Crippen LogP) is 3.70. The molecule has 0 aliphatic carbocycles. The molecule has 0 saturated heterocycles. The Hall–Kier alpha value is -2.91. The monoisotopic (exact) mass is 444 g/mol. The molecular formula is C18H13BrN4O3S. The normalized spacial score (nSPS) is 11.0. The maximum Gasteiger partial charge on any atom is 0.252 e. The summed E-state index contributed by atoms with van der Waals surface area (Å²) in [4.78, 5) is 16.8. The van der Waals surface area contributed by atoms with E-state index in [2.05, 4.69) is 26.0 Å². The Morgan fingerprint density at radius 3 is 2.85 bits per heavy atom. The highest BCUT2D eigenvalue weighted by atomic mass is 79.9. The summed E-state index contributed by atoms with van der Waals surface area (Å²) in [6, 6.07) is 10.3. The van der Waals surface area contributed by atoms with Gasteiger partial charge in [-0.25, -0.2) is 4.52 Å². The molecule has 0 unspecified atom stereocenters. The fourth-order valence-corrected chi connectivity index (χ4v) is 3.94. The summed E-state index contributed by atoms with van der Waals surface area (Å²) in [7, 11) is 1.60. The molecule has 2 aromatic carbocycles. The topological polar surface area (TPSA) is 103 Å². The molecule has 2 heterocycles. The number of methoxy groups -OCH3 is 1. The first-order valence-electron chi connectivity index (χ1n) is 7.79. The van der Waals surface area contributed by atoms with Gasteiger partial charge in [0.1, 0.15) is 11.5 Å². The van der Waals surface area contributed by atoms with Gasteiger partial charge in [0.2, 0.25) is 4.96 Å². The SMILES string of the molecule is COc1ccc(Br)c(-c2nc3scc(-c4ccc(O)c(C(N)=O)c4)n3n2)c1. The highest BCUT2D eigenvalue weighted by Crippen LogP contribution is 2.33. The number of phenols is 1. The Morgan fingerprint density at radius 2 is 2.11 bits per heavy atom. The zero-order valence-electron chi connectivity index (χ0n) is 14.0. The first-order valence-corrected chi connectivity index (χ1v) is 9.46.